The second-order valence-electron chi connectivity index (χ2n) is 4.54. The maximum Gasteiger partial charge on any atom is 0.0429 e. The molecule has 0 saturated carbocycles. The number of nitrogens with zero attached hydrogens (tertiary/aromatic N) is 1. The molecule has 0 aliphatic carbocycles. The highest BCUT2D eigenvalue weighted by atomic mass is 79.9. The minimum atomic E-state index is 0.425. The first kappa shape index (κ1) is 14.7. The highest BCUT2D eigenvalue weighted by molar-refractivity contribution is 9.10. The molecule has 0 bridgehead atoms. The van der Waals surface area contributed by atoms with Gasteiger partial charge in [-0.15, -0.1) is 11.3 Å². The van der Waals surface area contributed by atoms with Crippen LogP contribution in [0.1, 0.15) is 36.2 Å². The van der Waals surface area contributed by atoms with Crippen molar-refractivity contribution in [3.63, 3.8) is 0 Å². The first-order chi connectivity index (χ1) is 9.31. The third kappa shape index (κ3) is 4.41. The number of hydrogen-bond donors (Lipinski definition) is 1. The van der Waals surface area contributed by atoms with Crippen LogP contribution >= 0.6 is 27.3 Å². The van der Waals surface area contributed by atoms with Gasteiger partial charge < -0.3 is 5.32 Å². The molecule has 0 saturated heterocycles. The van der Waals surface area contributed by atoms with Crippen LogP contribution < -0.4 is 5.32 Å². The van der Waals surface area contributed by atoms with Gasteiger partial charge in [0, 0.05) is 27.8 Å². The molecule has 0 aliphatic rings. The summed E-state index contributed by atoms with van der Waals surface area (Å²) >= 11 is 5.46. The number of thiophene rings is 1. The highest BCUT2D eigenvalue weighted by Crippen LogP contribution is 2.31. The molecule has 102 valence electrons. The molecule has 0 radical (unpaired) electrons. The van der Waals surface area contributed by atoms with Crippen LogP contribution in [0, 0.1) is 0 Å². The van der Waals surface area contributed by atoms with Crippen molar-refractivity contribution in [2.24, 2.45) is 0 Å². The lowest BCUT2D eigenvalue weighted by molar-refractivity contribution is 0.504. The zero-order valence-electron chi connectivity index (χ0n) is 11.1. The van der Waals surface area contributed by atoms with E-state index in [2.05, 4.69) is 50.7 Å². The van der Waals surface area contributed by atoms with E-state index in [1.54, 1.807) is 0 Å². The van der Waals surface area contributed by atoms with Gasteiger partial charge in [0.1, 0.15) is 0 Å². The molecule has 2 rings (SSSR count). The van der Waals surface area contributed by atoms with E-state index in [0.717, 1.165) is 25.8 Å². The van der Waals surface area contributed by atoms with Gasteiger partial charge in [-0.2, -0.15) is 0 Å². The summed E-state index contributed by atoms with van der Waals surface area (Å²) in [5.74, 6) is 0. The van der Waals surface area contributed by atoms with E-state index < -0.39 is 0 Å². The quantitative estimate of drug-likeness (QED) is 0.799. The fourth-order valence-electron chi connectivity index (χ4n) is 2.06. The molecule has 0 amide bonds. The van der Waals surface area contributed by atoms with Crippen molar-refractivity contribution < 1.29 is 0 Å². The summed E-state index contributed by atoms with van der Waals surface area (Å²) in [6, 6.07) is 6.71. The predicted molar refractivity (Wildman–Crippen MR) is 85.6 cm³/mol. The molecular weight excluding hydrogens is 320 g/mol. The van der Waals surface area contributed by atoms with Crippen molar-refractivity contribution in [1.29, 1.82) is 0 Å². The summed E-state index contributed by atoms with van der Waals surface area (Å²) in [7, 11) is 0. The van der Waals surface area contributed by atoms with Gasteiger partial charge in [-0.1, -0.05) is 13.0 Å². The Labute approximate surface area is 127 Å². The highest BCUT2D eigenvalue weighted by Gasteiger charge is 2.15. The maximum atomic E-state index is 4.18. The van der Waals surface area contributed by atoms with Crippen LogP contribution in [0.5, 0.6) is 0 Å². The molecule has 0 spiro atoms. The number of nitrogens with one attached hydrogen (secondary N) is 1. The molecule has 4 heteroatoms. The number of rotatable bonds is 7. The van der Waals surface area contributed by atoms with Gasteiger partial charge in [0.15, 0.2) is 0 Å². The fraction of sp³-hybridized carbons (Fsp3) is 0.400. The number of halogens is 1. The second-order valence-corrected chi connectivity index (χ2v) is 6.34. The molecule has 0 aromatic carbocycles. The molecule has 1 atom stereocenters. The van der Waals surface area contributed by atoms with Gasteiger partial charge in [0.25, 0.3) is 0 Å². The lowest BCUT2D eigenvalue weighted by Crippen LogP contribution is -2.22. The number of hydrogen-bond acceptors (Lipinski definition) is 3. The van der Waals surface area contributed by atoms with Gasteiger partial charge in [-0.05, 0) is 64.8 Å². The van der Waals surface area contributed by atoms with Gasteiger partial charge >= 0.3 is 0 Å². The third-order valence-corrected chi connectivity index (χ3v) is 5.03. The van der Waals surface area contributed by atoms with Crippen molar-refractivity contribution >= 4 is 27.3 Å². The molecule has 0 aliphatic heterocycles. The summed E-state index contributed by atoms with van der Waals surface area (Å²) in [4.78, 5) is 5.58. The van der Waals surface area contributed by atoms with Crippen molar-refractivity contribution in [3.8, 4) is 0 Å². The summed E-state index contributed by atoms with van der Waals surface area (Å²) in [6.07, 6.45) is 7.10. The molecule has 0 fully saturated rings. The summed E-state index contributed by atoms with van der Waals surface area (Å²) in [5.41, 5.74) is 1.30. The number of pyridine rings is 1. The summed E-state index contributed by atoms with van der Waals surface area (Å²) in [5, 5.41) is 5.79. The minimum absolute atomic E-state index is 0.425. The van der Waals surface area contributed by atoms with Crippen molar-refractivity contribution in [2.75, 3.05) is 6.54 Å². The van der Waals surface area contributed by atoms with Gasteiger partial charge in [0.05, 0.1) is 0 Å². The molecule has 2 aromatic rings. The van der Waals surface area contributed by atoms with Crippen molar-refractivity contribution in [1.82, 2.24) is 10.3 Å². The lowest BCUT2D eigenvalue weighted by Gasteiger charge is -2.18. The van der Waals surface area contributed by atoms with Crippen LogP contribution in [0.25, 0.3) is 0 Å². The second kappa shape index (κ2) is 7.78. The summed E-state index contributed by atoms with van der Waals surface area (Å²) in [6.45, 7) is 3.26. The molecule has 2 aromatic heterocycles. The SMILES string of the molecule is CCCNC(CCc1cccnc1)c1sccc1Br. The lowest BCUT2D eigenvalue weighted by atomic mass is 10.1. The van der Waals surface area contributed by atoms with Crippen LogP contribution in [-0.4, -0.2) is 11.5 Å². The smallest absolute Gasteiger partial charge is 0.0429 e. The largest absolute Gasteiger partial charge is 0.309 e. The van der Waals surface area contributed by atoms with Gasteiger partial charge in [-0.3, -0.25) is 4.98 Å². The Balaban J connectivity index is 2.00. The van der Waals surface area contributed by atoms with Crippen molar-refractivity contribution in [3.05, 3.63) is 50.9 Å². The van der Waals surface area contributed by atoms with Gasteiger partial charge in [0.2, 0.25) is 0 Å². The van der Waals surface area contributed by atoms with E-state index in [1.165, 1.54) is 14.9 Å². The molecule has 1 unspecified atom stereocenters. The Morgan fingerprint density at radius 1 is 1.42 bits per heavy atom. The van der Waals surface area contributed by atoms with Crippen LogP contribution in [0.2, 0.25) is 0 Å². The molecule has 2 heterocycles. The topological polar surface area (TPSA) is 24.9 Å². The first-order valence-corrected chi connectivity index (χ1v) is 8.33. The Morgan fingerprint density at radius 3 is 2.95 bits per heavy atom. The maximum absolute atomic E-state index is 4.18. The van der Waals surface area contributed by atoms with Crippen LogP contribution in [0.3, 0.4) is 0 Å². The van der Waals surface area contributed by atoms with Crippen molar-refractivity contribution in [2.45, 2.75) is 32.2 Å². The van der Waals surface area contributed by atoms with Crippen LogP contribution in [-0.2, 0) is 6.42 Å². The fourth-order valence-corrected chi connectivity index (χ4v) is 3.82. The zero-order valence-corrected chi connectivity index (χ0v) is 13.5. The molecule has 19 heavy (non-hydrogen) atoms. The van der Waals surface area contributed by atoms with E-state index >= 15 is 0 Å². The molecular formula is C15H19BrN2S. The van der Waals surface area contributed by atoms with E-state index in [-0.39, 0.29) is 0 Å². The minimum Gasteiger partial charge on any atom is -0.309 e. The standard InChI is InChI=1S/C15H19BrN2S/c1-2-8-18-14(15-13(16)7-10-19-15)6-5-12-4-3-9-17-11-12/h3-4,7,9-11,14,18H,2,5-6,8H2,1H3. The zero-order chi connectivity index (χ0) is 13.5. The third-order valence-electron chi connectivity index (χ3n) is 3.05. The predicted octanol–water partition coefficient (Wildman–Crippen LogP) is 4.58. The molecule has 1 N–H and O–H groups in total. The average Bonchev–Trinajstić information content (AvgIpc) is 2.86. The Kier molecular flexibility index (Phi) is 6.01. The summed E-state index contributed by atoms with van der Waals surface area (Å²) < 4.78 is 1.22. The van der Waals surface area contributed by atoms with E-state index in [0.29, 0.717) is 6.04 Å². The Bertz CT molecular complexity index is 484. The first-order valence-electron chi connectivity index (χ1n) is 6.66. The Morgan fingerprint density at radius 2 is 2.32 bits per heavy atom. The Hall–Kier alpha value is -0.710. The van der Waals surface area contributed by atoms with Crippen LogP contribution in [0.15, 0.2) is 40.4 Å². The van der Waals surface area contributed by atoms with E-state index in [1.807, 2.05) is 29.8 Å². The average molecular weight is 339 g/mol. The van der Waals surface area contributed by atoms with Gasteiger partial charge in [-0.25, -0.2) is 0 Å². The van der Waals surface area contributed by atoms with E-state index in [9.17, 15) is 0 Å². The van der Waals surface area contributed by atoms with Crippen LogP contribution in [0.4, 0.5) is 0 Å². The monoisotopic (exact) mass is 338 g/mol. The van der Waals surface area contributed by atoms with E-state index in [4.69, 9.17) is 0 Å². The normalized spacial score (nSPS) is 12.5. The number of aromatic nitrogens is 1. The molecule has 2 nitrogen and oxygen atoms in total. The number of aryl methyl sites for hydroxylation is 1.